The van der Waals surface area contributed by atoms with Crippen LogP contribution in [0, 0.1) is 11.6 Å². The van der Waals surface area contributed by atoms with Gasteiger partial charge in [-0.25, -0.2) is 8.78 Å². The number of rotatable bonds is 5. The third-order valence-electron chi connectivity index (χ3n) is 2.52. The quantitative estimate of drug-likeness (QED) is 0.784. The number of hydrogen-bond donors (Lipinski definition) is 3. The lowest BCUT2D eigenvalue weighted by Gasteiger charge is -2.10. The summed E-state index contributed by atoms with van der Waals surface area (Å²) in [5, 5.41) is 5.61. The Morgan fingerprint density at radius 2 is 1.80 bits per heavy atom. The molecule has 20 heavy (non-hydrogen) atoms. The van der Waals surface area contributed by atoms with Crippen LogP contribution in [0.3, 0.4) is 0 Å². The molecule has 2 rings (SSSR count). The van der Waals surface area contributed by atoms with Crippen LogP contribution in [0.5, 0.6) is 0 Å². The van der Waals surface area contributed by atoms with Crippen molar-refractivity contribution in [2.75, 3.05) is 22.9 Å². The number of aromatic nitrogens is 2. The molecule has 0 aliphatic carbocycles. The standard InChI is InChI=1S/C13H15F2N5/c1-2-6-17-10-7-11(20-13(16)19-10)18-12-8(14)4-3-5-9(12)15/h3-5,7H,2,6H2,1H3,(H4,16,17,18,19,20). The fourth-order valence-electron chi connectivity index (χ4n) is 1.62. The summed E-state index contributed by atoms with van der Waals surface area (Å²) in [6, 6.07) is 5.15. The summed E-state index contributed by atoms with van der Waals surface area (Å²) < 4.78 is 27.1. The number of nitrogens with zero attached hydrogens (tertiary/aromatic N) is 2. The van der Waals surface area contributed by atoms with E-state index in [1.54, 1.807) is 0 Å². The number of halogens is 2. The fraction of sp³-hybridized carbons (Fsp3) is 0.231. The normalized spacial score (nSPS) is 10.3. The van der Waals surface area contributed by atoms with E-state index in [4.69, 9.17) is 5.73 Å². The minimum absolute atomic E-state index is 0.0188. The lowest BCUT2D eigenvalue weighted by atomic mass is 10.3. The Kier molecular flexibility index (Phi) is 4.29. The highest BCUT2D eigenvalue weighted by molar-refractivity contribution is 5.61. The van der Waals surface area contributed by atoms with E-state index >= 15 is 0 Å². The van der Waals surface area contributed by atoms with Crippen molar-refractivity contribution in [3.63, 3.8) is 0 Å². The van der Waals surface area contributed by atoms with Gasteiger partial charge in [-0.1, -0.05) is 13.0 Å². The van der Waals surface area contributed by atoms with E-state index in [2.05, 4.69) is 20.6 Å². The van der Waals surface area contributed by atoms with Crippen LogP contribution in [-0.4, -0.2) is 16.5 Å². The Bertz CT molecular complexity index is 583. The van der Waals surface area contributed by atoms with Crippen LogP contribution in [-0.2, 0) is 0 Å². The topological polar surface area (TPSA) is 75.9 Å². The first-order chi connectivity index (χ1) is 9.60. The molecule has 0 atom stereocenters. The molecular formula is C13H15F2N5. The second-order valence-electron chi connectivity index (χ2n) is 4.15. The molecule has 0 amide bonds. The molecule has 0 fully saturated rings. The first-order valence-corrected chi connectivity index (χ1v) is 6.19. The summed E-state index contributed by atoms with van der Waals surface area (Å²) in [5.41, 5.74) is 5.30. The van der Waals surface area contributed by atoms with Crippen molar-refractivity contribution in [3.05, 3.63) is 35.9 Å². The van der Waals surface area contributed by atoms with Gasteiger partial charge >= 0.3 is 0 Å². The number of nitrogens with two attached hydrogens (primary N) is 1. The van der Waals surface area contributed by atoms with Crippen molar-refractivity contribution in [3.8, 4) is 0 Å². The molecule has 7 heteroatoms. The molecule has 0 aliphatic rings. The van der Waals surface area contributed by atoms with E-state index in [0.717, 1.165) is 18.6 Å². The zero-order valence-corrected chi connectivity index (χ0v) is 11.0. The molecular weight excluding hydrogens is 264 g/mol. The second-order valence-corrected chi connectivity index (χ2v) is 4.15. The van der Waals surface area contributed by atoms with Gasteiger partial charge in [-0.2, -0.15) is 9.97 Å². The van der Waals surface area contributed by atoms with Gasteiger partial charge in [0.1, 0.15) is 29.0 Å². The third-order valence-corrected chi connectivity index (χ3v) is 2.52. The van der Waals surface area contributed by atoms with E-state index in [9.17, 15) is 8.78 Å². The van der Waals surface area contributed by atoms with Crippen LogP contribution in [0.15, 0.2) is 24.3 Å². The highest BCUT2D eigenvalue weighted by atomic mass is 19.1. The molecule has 0 radical (unpaired) electrons. The van der Waals surface area contributed by atoms with E-state index in [1.807, 2.05) is 6.92 Å². The molecule has 4 N–H and O–H groups in total. The Morgan fingerprint density at radius 3 is 2.45 bits per heavy atom. The van der Waals surface area contributed by atoms with Gasteiger partial charge in [-0.3, -0.25) is 0 Å². The fourth-order valence-corrected chi connectivity index (χ4v) is 1.62. The Labute approximate surface area is 115 Å². The average Bonchev–Trinajstić information content (AvgIpc) is 2.40. The maximum Gasteiger partial charge on any atom is 0.223 e. The zero-order chi connectivity index (χ0) is 14.5. The number of para-hydroxylation sites is 1. The number of anilines is 4. The molecule has 1 aromatic carbocycles. The van der Waals surface area contributed by atoms with Crippen molar-refractivity contribution in [2.45, 2.75) is 13.3 Å². The smallest absolute Gasteiger partial charge is 0.223 e. The minimum Gasteiger partial charge on any atom is -0.370 e. The largest absolute Gasteiger partial charge is 0.370 e. The van der Waals surface area contributed by atoms with Crippen LogP contribution < -0.4 is 16.4 Å². The van der Waals surface area contributed by atoms with Gasteiger partial charge in [0, 0.05) is 12.6 Å². The van der Waals surface area contributed by atoms with Gasteiger partial charge in [0.2, 0.25) is 5.95 Å². The van der Waals surface area contributed by atoms with Crippen LogP contribution in [0.25, 0.3) is 0 Å². The first-order valence-electron chi connectivity index (χ1n) is 6.19. The van der Waals surface area contributed by atoms with Gasteiger partial charge in [-0.15, -0.1) is 0 Å². The molecule has 0 spiro atoms. The van der Waals surface area contributed by atoms with Gasteiger partial charge in [0.15, 0.2) is 0 Å². The molecule has 0 saturated heterocycles. The predicted molar refractivity (Wildman–Crippen MR) is 74.9 cm³/mol. The maximum absolute atomic E-state index is 13.5. The number of nitrogen functional groups attached to an aromatic ring is 1. The third kappa shape index (κ3) is 3.31. The lowest BCUT2D eigenvalue weighted by molar-refractivity contribution is 0.590. The average molecular weight is 279 g/mol. The van der Waals surface area contributed by atoms with Crippen LogP contribution in [0.4, 0.5) is 32.1 Å². The summed E-state index contributed by atoms with van der Waals surface area (Å²) >= 11 is 0. The summed E-state index contributed by atoms with van der Waals surface area (Å²) in [4.78, 5) is 7.89. The van der Waals surface area contributed by atoms with E-state index in [0.29, 0.717) is 12.4 Å². The van der Waals surface area contributed by atoms with Crippen LogP contribution in [0.1, 0.15) is 13.3 Å². The monoisotopic (exact) mass is 279 g/mol. The van der Waals surface area contributed by atoms with Crippen molar-refractivity contribution >= 4 is 23.3 Å². The molecule has 2 aromatic rings. The minimum atomic E-state index is -0.703. The Hall–Kier alpha value is -2.44. The van der Waals surface area contributed by atoms with Gasteiger partial charge in [0.05, 0.1) is 0 Å². The highest BCUT2D eigenvalue weighted by Crippen LogP contribution is 2.23. The van der Waals surface area contributed by atoms with Crippen LogP contribution in [0.2, 0.25) is 0 Å². The van der Waals surface area contributed by atoms with E-state index < -0.39 is 11.6 Å². The molecule has 0 bridgehead atoms. The van der Waals surface area contributed by atoms with Gasteiger partial charge in [-0.05, 0) is 18.6 Å². The second kappa shape index (κ2) is 6.14. The molecule has 0 saturated carbocycles. The summed E-state index contributed by atoms with van der Waals surface area (Å²) in [7, 11) is 0. The van der Waals surface area contributed by atoms with Crippen molar-refractivity contribution in [1.82, 2.24) is 9.97 Å². The Balaban J connectivity index is 2.27. The van der Waals surface area contributed by atoms with Gasteiger partial charge < -0.3 is 16.4 Å². The van der Waals surface area contributed by atoms with Crippen LogP contribution >= 0.6 is 0 Å². The summed E-state index contributed by atoms with van der Waals surface area (Å²) in [5.74, 6) is -0.667. The molecule has 0 unspecified atom stereocenters. The molecule has 106 valence electrons. The molecule has 1 aromatic heterocycles. The predicted octanol–water partition coefficient (Wildman–Crippen LogP) is 2.90. The summed E-state index contributed by atoms with van der Waals surface area (Å²) in [6.45, 7) is 2.72. The number of nitrogens with one attached hydrogen (secondary N) is 2. The van der Waals surface area contributed by atoms with E-state index in [1.165, 1.54) is 12.1 Å². The first kappa shape index (κ1) is 14.0. The summed E-state index contributed by atoms with van der Waals surface area (Å²) in [6.07, 6.45) is 0.911. The zero-order valence-electron chi connectivity index (χ0n) is 11.0. The number of benzene rings is 1. The van der Waals surface area contributed by atoms with Crippen molar-refractivity contribution in [1.29, 1.82) is 0 Å². The van der Waals surface area contributed by atoms with E-state index in [-0.39, 0.29) is 17.5 Å². The Morgan fingerprint density at radius 1 is 1.15 bits per heavy atom. The molecule has 0 aliphatic heterocycles. The van der Waals surface area contributed by atoms with Crippen molar-refractivity contribution in [2.24, 2.45) is 0 Å². The lowest BCUT2D eigenvalue weighted by Crippen LogP contribution is -2.07. The van der Waals surface area contributed by atoms with Crippen molar-refractivity contribution < 1.29 is 8.78 Å². The SMILES string of the molecule is CCCNc1cc(Nc2c(F)cccc2F)nc(N)n1. The van der Waals surface area contributed by atoms with Gasteiger partial charge in [0.25, 0.3) is 0 Å². The number of hydrogen-bond acceptors (Lipinski definition) is 5. The highest BCUT2D eigenvalue weighted by Gasteiger charge is 2.10. The maximum atomic E-state index is 13.5. The molecule has 5 nitrogen and oxygen atoms in total. The molecule has 1 heterocycles.